The number of likely N-dealkylation sites (tertiary alicyclic amines) is 1. The van der Waals surface area contributed by atoms with Crippen molar-refractivity contribution in [2.45, 2.75) is 78.6 Å². The van der Waals surface area contributed by atoms with Crippen molar-refractivity contribution >= 4 is 39.7 Å². The molecule has 292 valence electrons. The summed E-state index contributed by atoms with van der Waals surface area (Å²) in [5.74, 6) is 0.907. The summed E-state index contributed by atoms with van der Waals surface area (Å²) in [7, 11) is 2.12. The predicted octanol–water partition coefficient (Wildman–Crippen LogP) is 7.36. The van der Waals surface area contributed by atoms with Crippen LogP contribution in [0.5, 0.6) is 11.8 Å². The van der Waals surface area contributed by atoms with E-state index in [4.69, 9.17) is 24.2 Å². The van der Waals surface area contributed by atoms with Crippen LogP contribution in [0.3, 0.4) is 0 Å². The number of nitriles is 1. The number of fused-ring (bicyclic) bond motifs is 2. The smallest absolute Gasteiger partial charge is 0.410 e. The van der Waals surface area contributed by atoms with Crippen LogP contribution in [0.15, 0.2) is 72.9 Å². The minimum absolute atomic E-state index is 0.145. The van der Waals surface area contributed by atoms with E-state index >= 15 is 0 Å². The Hall–Kier alpha value is -5.67. The van der Waals surface area contributed by atoms with Gasteiger partial charge in [0.15, 0.2) is 5.82 Å². The fraction of sp³-hybridized carbons (Fsp3) is 0.432. The molecule has 0 bridgehead atoms. The van der Waals surface area contributed by atoms with Gasteiger partial charge in [-0.05, 0) is 88.2 Å². The molecular formula is C44H51N7O5. The third kappa shape index (κ3) is 8.43. The number of nitrogens with zero attached hydrogens (tertiary/aromatic N) is 7. The van der Waals surface area contributed by atoms with Gasteiger partial charge in [-0.3, -0.25) is 4.79 Å². The van der Waals surface area contributed by atoms with Gasteiger partial charge in [-0.1, -0.05) is 54.6 Å². The highest BCUT2D eigenvalue weighted by atomic mass is 16.6. The third-order valence-corrected chi connectivity index (χ3v) is 10.8. The second-order valence-corrected chi connectivity index (χ2v) is 15.9. The van der Waals surface area contributed by atoms with Gasteiger partial charge in [0.05, 0.1) is 23.9 Å². The van der Waals surface area contributed by atoms with E-state index < -0.39 is 17.6 Å². The van der Waals surface area contributed by atoms with Crippen molar-refractivity contribution in [1.29, 1.82) is 5.26 Å². The Balaban J connectivity index is 1.25. The maximum absolute atomic E-state index is 13.4. The molecule has 0 N–H and O–H groups in total. The summed E-state index contributed by atoms with van der Waals surface area (Å²) in [5, 5.41) is 11.9. The van der Waals surface area contributed by atoms with E-state index in [1.54, 1.807) is 4.90 Å². The van der Waals surface area contributed by atoms with Crippen LogP contribution in [0.2, 0.25) is 0 Å². The molecule has 2 atom stereocenters. The van der Waals surface area contributed by atoms with Gasteiger partial charge in [-0.25, -0.2) is 4.79 Å². The first kappa shape index (κ1) is 38.6. The van der Waals surface area contributed by atoms with Crippen molar-refractivity contribution in [2.24, 2.45) is 5.41 Å². The summed E-state index contributed by atoms with van der Waals surface area (Å²) in [4.78, 5) is 42.7. The van der Waals surface area contributed by atoms with Gasteiger partial charge in [0, 0.05) is 50.4 Å². The maximum atomic E-state index is 13.4. The number of aromatic nitrogens is 3. The Labute approximate surface area is 328 Å². The Morgan fingerprint density at radius 3 is 2.48 bits per heavy atom. The fourth-order valence-corrected chi connectivity index (χ4v) is 7.65. The van der Waals surface area contributed by atoms with Gasteiger partial charge >= 0.3 is 18.1 Å². The molecule has 1 amide bonds. The molecule has 0 saturated carbocycles. The van der Waals surface area contributed by atoms with Gasteiger partial charge in [0.1, 0.15) is 30.0 Å². The zero-order chi connectivity index (χ0) is 39.4. The number of carbonyl (C=O) groups excluding carboxylic acids is 2. The van der Waals surface area contributed by atoms with E-state index in [9.17, 15) is 14.9 Å². The fourth-order valence-electron chi connectivity index (χ4n) is 7.65. The lowest BCUT2D eigenvalue weighted by molar-refractivity contribution is -0.142. The van der Waals surface area contributed by atoms with Crippen LogP contribution in [0.25, 0.3) is 21.8 Å². The zero-order valence-electron chi connectivity index (χ0n) is 33.0. The largest absolute Gasteiger partial charge is 0.462 e. The van der Waals surface area contributed by atoms with E-state index in [1.165, 1.54) is 0 Å². The summed E-state index contributed by atoms with van der Waals surface area (Å²) in [5.41, 5.74) is 3.86. The number of anilines is 1. The summed E-state index contributed by atoms with van der Waals surface area (Å²) in [6, 6.07) is 24.0. The van der Waals surface area contributed by atoms with Gasteiger partial charge in [-0.2, -0.15) is 15.2 Å². The molecular weight excluding hydrogens is 707 g/mol. The van der Waals surface area contributed by atoms with Crippen LogP contribution in [-0.4, -0.2) is 88.3 Å². The summed E-state index contributed by atoms with van der Waals surface area (Å²) in [6.45, 7) is 11.2. The summed E-state index contributed by atoms with van der Waals surface area (Å²) >= 11 is 0. The molecule has 7 rings (SSSR count). The lowest BCUT2D eigenvalue weighted by Crippen LogP contribution is -2.55. The Morgan fingerprint density at radius 1 is 0.964 bits per heavy atom. The molecule has 0 radical (unpaired) electrons. The number of benzene rings is 3. The lowest BCUT2D eigenvalue weighted by Gasteiger charge is -2.40. The van der Waals surface area contributed by atoms with Crippen molar-refractivity contribution in [3.63, 3.8) is 0 Å². The lowest BCUT2D eigenvalue weighted by atomic mass is 9.97. The van der Waals surface area contributed by atoms with Crippen LogP contribution in [0.1, 0.15) is 63.6 Å². The highest BCUT2D eigenvalue weighted by Gasteiger charge is 2.34. The molecule has 56 heavy (non-hydrogen) atoms. The van der Waals surface area contributed by atoms with Crippen LogP contribution < -0.4 is 14.4 Å². The van der Waals surface area contributed by atoms with E-state index in [1.807, 2.05) is 81.4 Å². The van der Waals surface area contributed by atoms with Gasteiger partial charge in [0.25, 0.3) is 0 Å². The average molecular weight is 758 g/mol. The Kier molecular flexibility index (Phi) is 11.4. The highest BCUT2D eigenvalue weighted by molar-refractivity contribution is 5.92. The highest BCUT2D eigenvalue weighted by Crippen LogP contribution is 2.36. The van der Waals surface area contributed by atoms with Gasteiger partial charge < -0.3 is 33.5 Å². The molecule has 3 aromatic carbocycles. The molecule has 2 aliphatic heterocycles. The quantitative estimate of drug-likeness (QED) is 0.0997. The van der Waals surface area contributed by atoms with Crippen molar-refractivity contribution < 1.29 is 23.8 Å². The molecule has 0 spiro atoms. The third-order valence-electron chi connectivity index (χ3n) is 10.8. The normalized spacial score (nSPS) is 17.6. The second-order valence-electron chi connectivity index (χ2n) is 15.9. The van der Waals surface area contributed by atoms with Gasteiger partial charge in [-0.15, -0.1) is 0 Å². The SMILES string of the molecule is CCn1cc(Cc2cc(OC(=O)C(C)(C)C)cc3ccccc23)c2nc(OC[C@@H]3CCCN3C)nc(N3CCN(C(=O)OCc4ccccc4)[C@@H](CC#N)C3)c21. The number of amides is 1. The molecule has 4 heterocycles. The van der Waals surface area contributed by atoms with Crippen molar-refractivity contribution in [1.82, 2.24) is 24.3 Å². The molecule has 2 saturated heterocycles. The molecule has 12 heteroatoms. The predicted molar refractivity (Wildman–Crippen MR) is 216 cm³/mol. The molecule has 2 aliphatic rings. The maximum Gasteiger partial charge on any atom is 0.410 e. The van der Waals surface area contributed by atoms with Crippen molar-refractivity contribution in [2.75, 3.05) is 44.7 Å². The molecule has 5 aromatic rings. The topological polar surface area (TPSA) is 126 Å². The minimum atomic E-state index is -0.655. The Bertz CT molecular complexity index is 2240. The number of hydrogen-bond acceptors (Lipinski definition) is 10. The number of esters is 1. The molecule has 2 aromatic heterocycles. The standard InChI is InChI=1S/C44H51N7O5/c1-6-49-26-33(23-32-25-36(56-41(52)44(2,3)4)24-31-15-10-11-17-37(31)32)38-39(49)40(47-42(46-38)54-29-35-16-12-20-48(35)5)50-21-22-51(34(27-50)18-19-45)43(53)55-28-30-13-8-7-9-14-30/h7-11,13-15,17,24-26,34-35H,6,12,16,18,20-23,27-29H2,1-5H3/t34-,35-/m0/s1. The van der Waals surface area contributed by atoms with Crippen molar-refractivity contribution in [3.8, 4) is 17.8 Å². The first-order valence-electron chi connectivity index (χ1n) is 19.6. The van der Waals surface area contributed by atoms with Gasteiger partial charge in [0.2, 0.25) is 0 Å². The molecule has 2 fully saturated rings. The molecule has 0 unspecified atom stereocenters. The first-order valence-corrected chi connectivity index (χ1v) is 19.6. The first-order chi connectivity index (χ1) is 27.0. The number of carbonyl (C=O) groups is 2. The number of hydrogen-bond donors (Lipinski definition) is 0. The average Bonchev–Trinajstić information content (AvgIpc) is 3.77. The number of aryl methyl sites for hydroxylation is 1. The summed E-state index contributed by atoms with van der Waals surface area (Å²) < 4.78 is 20.2. The summed E-state index contributed by atoms with van der Waals surface area (Å²) in [6.07, 6.45) is 4.52. The van der Waals surface area contributed by atoms with Crippen molar-refractivity contribution in [3.05, 3.63) is 89.6 Å². The number of piperazine rings is 1. The second kappa shape index (κ2) is 16.6. The monoisotopic (exact) mass is 757 g/mol. The van der Waals surface area contributed by atoms with E-state index in [0.717, 1.165) is 57.9 Å². The van der Waals surface area contributed by atoms with E-state index in [-0.39, 0.29) is 25.0 Å². The number of rotatable bonds is 11. The van der Waals surface area contributed by atoms with Crippen LogP contribution >= 0.6 is 0 Å². The Morgan fingerprint density at radius 2 is 1.75 bits per heavy atom. The number of ether oxygens (including phenoxy) is 3. The van der Waals surface area contributed by atoms with E-state index in [0.29, 0.717) is 56.8 Å². The molecule has 0 aliphatic carbocycles. The minimum Gasteiger partial charge on any atom is -0.462 e. The zero-order valence-corrected chi connectivity index (χ0v) is 33.0. The van der Waals surface area contributed by atoms with Crippen LogP contribution in [-0.2, 0) is 29.1 Å². The van der Waals surface area contributed by atoms with Crippen LogP contribution in [0.4, 0.5) is 10.6 Å². The van der Waals surface area contributed by atoms with E-state index in [2.05, 4.69) is 46.7 Å². The van der Waals surface area contributed by atoms with Crippen LogP contribution in [0, 0.1) is 16.7 Å². The molecule has 12 nitrogen and oxygen atoms in total. The number of likely N-dealkylation sites (N-methyl/N-ethyl adjacent to an activating group) is 1.